The zero-order valence-electron chi connectivity index (χ0n) is 24.8. The van der Waals surface area contributed by atoms with Crippen molar-refractivity contribution in [3.05, 3.63) is 101 Å². The Hall–Kier alpha value is -3.69. The molecule has 1 aliphatic heterocycles. The number of hydrogen-bond donors (Lipinski definition) is 1. The summed E-state index contributed by atoms with van der Waals surface area (Å²) in [5.74, 6) is -0.170. The number of rotatable bonds is 11. The van der Waals surface area contributed by atoms with Crippen LogP contribution in [0.1, 0.15) is 56.0 Å². The zero-order valence-corrected chi connectivity index (χ0v) is 25.6. The summed E-state index contributed by atoms with van der Waals surface area (Å²) < 4.78 is 32.5. The van der Waals surface area contributed by atoms with Crippen LogP contribution in [0.25, 0.3) is 0 Å². The molecule has 1 heterocycles. The summed E-state index contributed by atoms with van der Waals surface area (Å²) in [4.78, 5) is 30.8. The molecule has 42 heavy (non-hydrogen) atoms. The monoisotopic (exact) mass is 591 g/mol. The molecule has 0 saturated carbocycles. The predicted molar refractivity (Wildman–Crippen MR) is 165 cm³/mol. The lowest BCUT2D eigenvalue weighted by Crippen LogP contribution is -2.50. The molecular weight excluding hydrogens is 550 g/mol. The van der Waals surface area contributed by atoms with Crippen molar-refractivity contribution < 1.29 is 22.7 Å². The van der Waals surface area contributed by atoms with E-state index in [0.29, 0.717) is 55.1 Å². The van der Waals surface area contributed by atoms with Crippen molar-refractivity contribution in [1.82, 2.24) is 15.1 Å². The minimum atomic E-state index is -4.21. The molecule has 1 atom stereocenters. The second-order valence-electron chi connectivity index (χ2n) is 11.2. The number of amides is 2. The van der Waals surface area contributed by atoms with Gasteiger partial charge in [0.2, 0.25) is 15.7 Å². The fourth-order valence-electron chi connectivity index (χ4n) is 5.47. The Morgan fingerprint density at radius 1 is 0.929 bits per heavy atom. The highest BCUT2D eigenvalue weighted by molar-refractivity contribution is 8.05. The highest BCUT2D eigenvalue weighted by Gasteiger charge is 2.40. The average molecular weight is 592 g/mol. The molecule has 0 spiro atoms. The van der Waals surface area contributed by atoms with Gasteiger partial charge >= 0.3 is 5.24 Å². The molecule has 0 bridgehead atoms. The number of fused-ring (bicyclic) bond motifs is 1. The van der Waals surface area contributed by atoms with Gasteiger partial charge in [-0.2, -0.15) is 0 Å². The standard InChI is InChI=1S/C33H41N3O5S/c1-24(2)35(25(3)4)20-18-34-32(37)31-30-16-15-29(41-22-26-11-7-5-8-12-26)21-28(30)17-19-36(31)33(38)42(39,40)23-27-13-9-6-10-14-27/h5-16,21,24-25,31H,17-20,22-23H2,1-4H3,(H,34,37). The fraction of sp³-hybridized carbons (Fsp3) is 0.394. The summed E-state index contributed by atoms with van der Waals surface area (Å²) >= 11 is 0. The molecule has 224 valence electrons. The summed E-state index contributed by atoms with van der Waals surface area (Å²) in [5.41, 5.74) is 3.02. The van der Waals surface area contributed by atoms with E-state index in [4.69, 9.17) is 4.74 Å². The maximum absolute atomic E-state index is 13.7. The van der Waals surface area contributed by atoms with Crippen molar-refractivity contribution in [2.75, 3.05) is 19.6 Å². The molecule has 9 heteroatoms. The Balaban J connectivity index is 1.58. The van der Waals surface area contributed by atoms with Crippen LogP contribution in [0.2, 0.25) is 0 Å². The first kappa shape index (κ1) is 31.3. The topological polar surface area (TPSA) is 96.0 Å². The first-order valence-corrected chi connectivity index (χ1v) is 16.1. The lowest BCUT2D eigenvalue weighted by molar-refractivity contribution is -0.126. The van der Waals surface area contributed by atoms with Gasteiger partial charge in [0.15, 0.2) is 0 Å². The van der Waals surface area contributed by atoms with Crippen molar-refractivity contribution >= 4 is 21.0 Å². The smallest absolute Gasteiger partial charge is 0.340 e. The highest BCUT2D eigenvalue weighted by Crippen LogP contribution is 2.34. The molecule has 0 aliphatic carbocycles. The van der Waals surface area contributed by atoms with Crippen molar-refractivity contribution in [2.24, 2.45) is 0 Å². The normalized spacial score (nSPS) is 15.1. The number of nitrogens with zero attached hydrogens (tertiary/aromatic N) is 2. The van der Waals surface area contributed by atoms with Crippen LogP contribution in [-0.4, -0.2) is 61.1 Å². The van der Waals surface area contributed by atoms with Crippen LogP contribution in [0.5, 0.6) is 5.75 Å². The Kier molecular flexibility index (Phi) is 10.4. The van der Waals surface area contributed by atoms with Crippen LogP contribution in [0.4, 0.5) is 4.79 Å². The summed E-state index contributed by atoms with van der Waals surface area (Å²) in [6.45, 7) is 9.93. The molecule has 3 aromatic rings. The van der Waals surface area contributed by atoms with Gasteiger partial charge < -0.3 is 15.0 Å². The van der Waals surface area contributed by atoms with E-state index in [2.05, 4.69) is 37.9 Å². The SMILES string of the molecule is CC(C)N(CCNC(=O)C1c2ccc(OCc3ccccc3)cc2CCN1C(=O)S(=O)(=O)Cc1ccccc1)C(C)C. The lowest BCUT2D eigenvalue weighted by atomic mass is 9.92. The summed E-state index contributed by atoms with van der Waals surface area (Å²) in [7, 11) is -4.21. The summed E-state index contributed by atoms with van der Waals surface area (Å²) in [5, 5.41) is 1.95. The molecule has 0 radical (unpaired) electrons. The van der Waals surface area contributed by atoms with Crippen LogP contribution in [0, 0.1) is 0 Å². The fourth-order valence-corrected chi connectivity index (χ4v) is 6.77. The number of carbonyl (C=O) groups is 2. The summed E-state index contributed by atoms with van der Waals surface area (Å²) in [6.07, 6.45) is 0.405. The Bertz CT molecular complexity index is 1450. The number of sulfone groups is 1. The van der Waals surface area contributed by atoms with E-state index in [1.807, 2.05) is 36.4 Å². The molecule has 1 aliphatic rings. The second kappa shape index (κ2) is 14.0. The Morgan fingerprint density at radius 3 is 2.17 bits per heavy atom. The molecule has 1 unspecified atom stereocenters. The third kappa shape index (κ3) is 7.77. The van der Waals surface area contributed by atoms with Gasteiger partial charge in [-0.15, -0.1) is 0 Å². The lowest BCUT2D eigenvalue weighted by Gasteiger charge is -2.36. The van der Waals surface area contributed by atoms with Gasteiger partial charge in [-0.25, -0.2) is 8.42 Å². The molecule has 4 rings (SSSR count). The van der Waals surface area contributed by atoms with E-state index in [1.54, 1.807) is 42.5 Å². The van der Waals surface area contributed by atoms with Crippen LogP contribution in [-0.2, 0) is 33.4 Å². The summed E-state index contributed by atoms with van der Waals surface area (Å²) in [6, 6.07) is 23.4. The number of ether oxygens (including phenoxy) is 1. The molecule has 0 fully saturated rings. The number of nitrogens with one attached hydrogen (secondary N) is 1. The average Bonchev–Trinajstić information content (AvgIpc) is 2.97. The maximum Gasteiger partial charge on any atom is 0.340 e. The van der Waals surface area contributed by atoms with Crippen LogP contribution < -0.4 is 10.1 Å². The molecule has 3 aromatic carbocycles. The van der Waals surface area contributed by atoms with Gasteiger partial charge in [-0.3, -0.25) is 14.5 Å². The van der Waals surface area contributed by atoms with Crippen LogP contribution in [0.15, 0.2) is 78.9 Å². The van der Waals surface area contributed by atoms with Gasteiger partial charge in [0, 0.05) is 31.7 Å². The second-order valence-corrected chi connectivity index (χ2v) is 13.1. The first-order chi connectivity index (χ1) is 20.1. The number of hydrogen-bond acceptors (Lipinski definition) is 6. The molecule has 0 aromatic heterocycles. The molecule has 8 nitrogen and oxygen atoms in total. The minimum absolute atomic E-state index is 0.101. The van der Waals surface area contributed by atoms with Gasteiger partial charge in [0.25, 0.3) is 0 Å². The molecule has 1 N–H and O–H groups in total. The minimum Gasteiger partial charge on any atom is -0.489 e. The van der Waals surface area contributed by atoms with Gasteiger partial charge in [0.05, 0.1) is 5.75 Å². The zero-order chi connectivity index (χ0) is 30.3. The van der Waals surface area contributed by atoms with E-state index in [0.717, 1.165) is 11.1 Å². The molecular formula is C33H41N3O5S. The Morgan fingerprint density at radius 2 is 1.55 bits per heavy atom. The Labute approximate surface area is 249 Å². The number of carbonyl (C=O) groups excluding carboxylic acids is 2. The van der Waals surface area contributed by atoms with Crippen molar-refractivity contribution in [3.8, 4) is 5.75 Å². The van der Waals surface area contributed by atoms with E-state index >= 15 is 0 Å². The largest absolute Gasteiger partial charge is 0.489 e. The van der Waals surface area contributed by atoms with Crippen molar-refractivity contribution in [2.45, 2.75) is 64.6 Å². The quantitative estimate of drug-likeness (QED) is 0.332. The van der Waals surface area contributed by atoms with Gasteiger partial charge in [-0.1, -0.05) is 66.7 Å². The van der Waals surface area contributed by atoms with Crippen LogP contribution in [0.3, 0.4) is 0 Å². The van der Waals surface area contributed by atoms with E-state index in [1.165, 1.54) is 4.90 Å². The van der Waals surface area contributed by atoms with Crippen molar-refractivity contribution in [3.63, 3.8) is 0 Å². The molecule has 0 saturated heterocycles. The third-order valence-corrected chi connectivity index (χ3v) is 9.02. The first-order valence-electron chi connectivity index (χ1n) is 14.5. The molecule has 2 amide bonds. The highest BCUT2D eigenvalue weighted by atomic mass is 32.2. The van der Waals surface area contributed by atoms with Crippen molar-refractivity contribution in [1.29, 1.82) is 0 Å². The van der Waals surface area contributed by atoms with E-state index in [9.17, 15) is 18.0 Å². The number of benzene rings is 3. The van der Waals surface area contributed by atoms with Gasteiger partial charge in [0.1, 0.15) is 18.4 Å². The van der Waals surface area contributed by atoms with Crippen LogP contribution >= 0.6 is 0 Å². The third-order valence-electron chi connectivity index (χ3n) is 7.54. The van der Waals surface area contributed by atoms with E-state index < -0.39 is 32.8 Å². The predicted octanol–water partition coefficient (Wildman–Crippen LogP) is 5.13. The maximum atomic E-state index is 13.7. The van der Waals surface area contributed by atoms with E-state index in [-0.39, 0.29) is 6.54 Å². The van der Waals surface area contributed by atoms with Gasteiger partial charge in [-0.05, 0) is 68.5 Å².